The zero-order valence-corrected chi connectivity index (χ0v) is 12.2. The van der Waals surface area contributed by atoms with Crippen molar-refractivity contribution in [3.8, 4) is 0 Å². The molecule has 0 unspecified atom stereocenters. The molecule has 5 nitrogen and oxygen atoms in total. The molecule has 0 fully saturated rings. The third-order valence-corrected chi connectivity index (χ3v) is 3.73. The highest BCUT2D eigenvalue weighted by molar-refractivity contribution is 7.09. The molecule has 0 aliphatic rings. The number of carboxylic acids is 1. The minimum atomic E-state index is -0.929. The van der Waals surface area contributed by atoms with Gasteiger partial charge in [-0.25, -0.2) is 4.79 Å². The molecule has 0 atom stereocenters. The van der Waals surface area contributed by atoms with Gasteiger partial charge in [0.15, 0.2) is 0 Å². The van der Waals surface area contributed by atoms with E-state index in [1.165, 1.54) is 4.90 Å². The van der Waals surface area contributed by atoms with Crippen LogP contribution in [0, 0.1) is 0 Å². The average Bonchev–Trinajstić information content (AvgIpc) is 2.99. The van der Waals surface area contributed by atoms with Gasteiger partial charge in [0, 0.05) is 17.1 Å². The second kappa shape index (κ2) is 7.44. The largest absolute Gasteiger partial charge is 0.481 e. The minimum absolute atomic E-state index is 0.0959. The quantitative estimate of drug-likeness (QED) is 0.862. The maximum absolute atomic E-state index is 12.3. The van der Waals surface area contributed by atoms with Gasteiger partial charge in [-0.2, -0.15) is 0 Å². The molecule has 6 heteroatoms. The summed E-state index contributed by atoms with van der Waals surface area (Å²) in [6.45, 7) is 0.572. The first kappa shape index (κ1) is 15.1. The van der Waals surface area contributed by atoms with E-state index in [-0.39, 0.29) is 19.0 Å². The van der Waals surface area contributed by atoms with Crippen LogP contribution in [-0.4, -0.2) is 23.7 Å². The number of nitrogens with one attached hydrogen (secondary N) is 1. The van der Waals surface area contributed by atoms with E-state index in [9.17, 15) is 9.59 Å². The summed E-state index contributed by atoms with van der Waals surface area (Å²) in [7, 11) is 0. The summed E-state index contributed by atoms with van der Waals surface area (Å²) in [6, 6.07) is 12.6. The number of aliphatic carboxylic acids is 1. The molecular weight excluding hydrogens is 288 g/mol. The van der Waals surface area contributed by atoms with Crippen LogP contribution in [0.5, 0.6) is 0 Å². The van der Waals surface area contributed by atoms with E-state index >= 15 is 0 Å². The topological polar surface area (TPSA) is 69.6 Å². The van der Waals surface area contributed by atoms with Crippen LogP contribution in [0.3, 0.4) is 0 Å². The molecular formula is C15H16N2O3S. The number of amides is 2. The van der Waals surface area contributed by atoms with Gasteiger partial charge in [-0.05, 0) is 23.6 Å². The number of carbonyl (C=O) groups excluding carboxylic acids is 1. The zero-order valence-electron chi connectivity index (χ0n) is 11.4. The van der Waals surface area contributed by atoms with E-state index in [0.717, 1.165) is 4.88 Å². The standard InChI is InChI=1S/C15H16N2O3S/c18-14(19)8-9-17(12-5-2-1-3-6-12)15(20)16-11-13-7-4-10-21-13/h1-7,10H,8-9,11H2,(H,16,20)(H,18,19). The van der Waals surface area contributed by atoms with Crippen molar-refractivity contribution in [1.29, 1.82) is 0 Å². The van der Waals surface area contributed by atoms with Crippen molar-refractivity contribution in [2.45, 2.75) is 13.0 Å². The first-order valence-electron chi connectivity index (χ1n) is 6.51. The number of hydrogen-bond donors (Lipinski definition) is 2. The first-order valence-corrected chi connectivity index (χ1v) is 7.39. The summed E-state index contributed by atoms with van der Waals surface area (Å²) in [5.41, 5.74) is 0.683. The normalized spacial score (nSPS) is 10.1. The van der Waals surface area contributed by atoms with Crippen LogP contribution in [0.1, 0.15) is 11.3 Å². The smallest absolute Gasteiger partial charge is 0.322 e. The van der Waals surface area contributed by atoms with Gasteiger partial charge >= 0.3 is 12.0 Å². The number of hydrogen-bond acceptors (Lipinski definition) is 3. The molecule has 0 bridgehead atoms. The SMILES string of the molecule is O=C(O)CCN(C(=O)NCc1cccs1)c1ccccc1. The van der Waals surface area contributed by atoms with Crippen LogP contribution in [0.25, 0.3) is 0 Å². The molecule has 1 heterocycles. The van der Waals surface area contributed by atoms with Crippen LogP contribution in [0.2, 0.25) is 0 Å². The van der Waals surface area contributed by atoms with Crippen molar-refractivity contribution >= 4 is 29.0 Å². The van der Waals surface area contributed by atoms with Crippen molar-refractivity contribution in [2.24, 2.45) is 0 Å². The summed E-state index contributed by atoms with van der Waals surface area (Å²) in [4.78, 5) is 25.5. The minimum Gasteiger partial charge on any atom is -0.481 e. The van der Waals surface area contributed by atoms with Crippen LogP contribution in [-0.2, 0) is 11.3 Å². The number of anilines is 1. The Morgan fingerprint density at radius 2 is 1.90 bits per heavy atom. The monoisotopic (exact) mass is 304 g/mol. The van der Waals surface area contributed by atoms with Gasteiger partial charge in [0.2, 0.25) is 0 Å². The Morgan fingerprint density at radius 1 is 1.14 bits per heavy atom. The van der Waals surface area contributed by atoms with Gasteiger partial charge in [-0.1, -0.05) is 24.3 Å². The van der Waals surface area contributed by atoms with Gasteiger partial charge in [0.25, 0.3) is 0 Å². The van der Waals surface area contributed by atoms with Gasteiger partial charge in [0.05, 0.1) is 13.0 Å². The van der Waals surface area contributed by atoms with Gasteiger partial charge in [-0.3, -0.25) is 9.69 Å². The number of thiophene rings is 1. The molecule has 0 radical (unpaired) electrons. The molecule has 1 aromatic heterocycles. The third kappa shape index (κ3) is 4.61. The Kier molecular flexibility index (Phi) is 5.34. The van der Waals surface area contributed by atoms with Crippen molar-refractivity contribution < 1.29 is 14.7 Å². The maximum atomic E-state index is 12.3. The van der Waals surface area contributed by atoms with E-state index in [2.05, 4.69) is 5.32 Å². The predicted octanol–water partition coefficient (Wildman–Crippen LogP) is 2.94. The number of carboxylic acid groups (broad SMARTS) is 1. The Labute approximate surface area is 126 Å². The van der Waals surface area contributed by atoms with Gasteiger partial charge in [-0.15, -0.1) is 11.3 Å². The molecule has 0 aliphatic carbocycles. The predicted molar refractivity (Wildman–Crippen MR) is 82.6 cm³/mol. The lowest BCUT2D eigenvalue weighted by molar-refractivity contribution is -0.136. The number of carbonyl (C=O) groups is 2. The first-order chi connectivity index (χ1) is 10.2. The highest BCUT2D eigenvalue weighted by atomic mass is 32.1. The lowest BCUT2D eigenvalue weighted by Crippen LogP contribution is -2.40. The average molecular weight is 304 g/mol. The number of urea groups is 1. The maximum Gasteiger partial charge on any atom is 0.322 e. The second-order valence-corrected chi connectivity index (χ2v) is 5.40. The van der Waals surface area contributed by atoms with Crippen molar-refractivity contribution in [3.05, 3.63) is 52.7 Å². The molecule has 2 N–H and O–H groups in total. The Hall–Kier alpha value is -2.34. The number of para-hydroxylation sites is 1. The molecule has 2 rings (SSSR count). The molecule has 2 aromatic rings. The summed E-state index contributed by atoms with van der Waals surface area (Å²) in [5.74, 6) is -0.929. The molecule has 110 valence electrons. The van der Waals surface area contributed by atoms with Crippen molar-refractivity contribution in [1.82, 2.24) is 5.32 Å². The molecule has 0 saturated heterocycles. The zero-order chi connectivity index (χ0) is 15.1. The van der Waals surface area contributed by atoms with E-state index < -0.39 is 5.97 Å². The van der Waals surface area contributed by atoms with Crippen LogP contribution in [0.4, 0.5) is 10.5 Å². The lowest BCUT2D eigenvalue weighted by Gasteiger charge is -2.22. The second-order valence-electron chi connectivity index (χ2n) is 4.37. The molecule has 0 aliphatic heterocycles. The van der Waals surface area contributed by atoms with E-state index in [4.69, 9.17) is 5.11 Å². The Morgan fingerprint density at radius 3 is 2.52 bits per heavy atom. The van der Waals surface area contributed by atoms with Crippen molar-refractivity contribution in [3.63, 3.8) is 0 Å². The lowest BCUT2D eigenvalue weighted by atomic mass is 10.2. The fraction of sp³-hybridized carbons (Fsp3) is 0.200. The fourth-order valence-electron chi connectivity index (χ4n) is 1.83. The van der Waals surface area contributed by atoms with Crippen LogP contribution in [0.15, 0.2) is 47.8 Å². The number of rotatable bonds is 6. The molecule has 0 spiro atoms. The van der Waals surface area contributed by atoms with Crippen LogP contribution >= 0.6 is 11.3 Å². The highest BCUT2D eigenvalue weighted by Gasteiger charge is 2.16. The molecule has 21 heavy (non-hydrogen) atoms. The fourth-order valence-corrected chi connectivity index (χ4v) is 2.48. The third-order valence-electron chi connectivity index (χ3n) is 2.86. The molecule has 2 amide bonds. The highest BCUT2D eigenvalue weighted by Crippen LogP contribution is 2.14. The Balaban J connectivity index is 2.03. The molecule has 0 saturated carbocycles. The van der Waals surface area contributed by atoms with E-state index in [0.29, 0.717) is 12.2 Å². The summed E-state index contributed by atoms with van der Waals surface area (Å²) in [6.07, 6.45) is -0.0959. The summed E-state index contributed by atoms with van der Waals surface area (Å²) >= 11 is 1.56. The van der Waals surface area contributed by atoms with Crippen LogP contribution < -0.4 is 10.2 Å². The number of benzene rings is 1. The number of nitrogens with zero attached hydrogens (tertiary/aromatic N) is 1. The Bertz CT molecular complexity index is 584. The van der Waals surface area contributed by atoms with Gasteiger partial charge < -0.3 is 10.4 Å². The summed E-state index contributed by atoms with van der Waals surface area (Å²) < 4.78 is 0. The van der Waals surface area contributed by atoms with E-state index in [1.54, 1.807) is 23.5 Å². The van der Waals surface area contributed by atoms with E-state index in [1.807, 2.05) is 35.7 Å². The summed E-state index contributed by atoms with van der Waals surface area (Å²) in [5, 5.41) is 13.6. The van der Waals surface area contributed by atoms with Gasteiger partial charge in [0.1, 0.15) is 0 Å². The van der Waals surface area contributed by atoms with Crippen molar-refractivity contribution in [2.75, 3.05) is 11.4 Å². The molecule has 1 aromatic carbocycles.